The molecule has 0 aliphatic heterocycles. The highest BCUT2D eigenvalue weighted by Gasteiger charge is 2.12. The molecule has 18 heteroatoms. The van der Waals surface area contributed by atoms with Gasteiger partial charge in [-0.2, -0.15) is 10.2 Å². The summed E-state index contributed by atoms with van der Waals surface area (Å²) in [5.41, 5.74) is 20.1. The Morgan fingerprint density at radius 1 is 0.661 bits per heavy atom. The van der Waals surface area contributed by atoms with Crippen LogP contribution in [0.1, 0.15) is 0 Å². The maximum atomic E-state index is 8.65. The summed E-state index contributed by atoms with van der Waals surface area (Å²) in [6.45, 7) is 0. The van der Waals surface area contributed by atoms with E-state index in [0.29, 0.717) is 28.5 Å². The number of hydrogen-bond donors (Lipinski definition) is 8. The van der Waals surface area contributed by atoms with Crippen molar-refractivity contribution in [2.75, 3.05) is 22.1 Å². The van der Waals surface area contributed by atoms with E-state index in [2.05, 4.69) is 61.9 Å². The van der Waals surface area contributed by atoms with Gasteiger partial charge in [-0.1, -0.05) is 24.3 Å². The lowest BCUT2D eigenvalue weighted by Crippen LogP contribution is -2.29. The van der Waals surface area contributed by atoms with Crippen LogP contribution in [-0.4, -0.2) is 66.3 Å². The Balaban J connectivity index is 0.000000130. The van der Waals surface area contributed by atoms with Crippen LogP contribution in [0.5, 0.6) is 0 Å². The van der Waals surface area contributed by atoms with Gasteiger partial charge in [0.2, 0.25) is 0 Å². The molecule has 0 aliphatic carbocycles. The molecule has 0 unspecified atom stereocenters. The van der Waals surface area contributed by atoms with Gasteiger partial charge in [0.15, 0.2) is 22.9 Å². The summed E-state index contributed by atoms with van der Waals surface area (Å²) in [4.78, 5) is 17.9. The maximum absolute atomic E-state index is 8.65. The van der Waals surface area contributed by atoms with Crippen molar-refractivity contribution in [3.63, 3.8) is 0 Å². The highest BCUT2D eigenvalue weighted by atomic mass is 79.9. The highest BCUT2D eigenvalue weighted by Crippen LogP contribution is 2.27. The van der Waals surface area contributed by atoms with Crippen LogP contribution < -0.4 is 27.6 Å². The first-order valence-corrected chi connectivity index (χ1v) is 17.9. The maximum Gasteiger partial charge on any atom is 0.488 e. The van der Waals surface area contributed by atoms with Gasteiger partial charge in [-0.15, -0.1) is 0 Å². The molecule has 0 atom stereocenters. The van der Waals surface area contributed by atoms with Gasteiger partial charge in [0.25, 0.3) is 0 Å². The van der Waals surface area contributed by atoms with Crippen LogP contribution in [0.4, 0.5) is 34.4 Å². The molecule has 6 heterocycles. The molecule has 10 aromatic rings. The van der Waals surface area contributed by atoms with Crippen molar-refractivity contribution in [2.24, 2.45) is 0 Å². The molecule has 16 nitrogen and oxygen atoms in total. The Kier molecular flexibility index (Phi) is 9.96. The number of benzene rings is 4. The largest absolute Gasteiger partial charge is 0.488 e. The number of nitrogen functional groups attached to an aromatic ring is 2. The summed E-state index contributed by atoms with van der Waals surface area (Å²) in [5, 5.41) is 40.0. The average molecular weight is 807 g/mol. The second kappa shape index (κ2) is 15.6. The first kappa shape index (κ1) is 35.7. The van der Waals surface area contributed by atoms with E-state index in [1.165, 1.54) is 6.07 Å². The molecule has 4 aromatic carbocycles. The molecular formula is C38H32BBrN14O2. The van der Waals surface area contributed by atoms with Crippen LogP contribution >= 0.6 is 15.9 Å². The normalized spacial score (nSPS) is 10.9. The fraction of sp³-hybridized carbons (Fsp3) is 0. The predicted octanol–water partition coefficient (Wildman–Crippen LogP) is 5.66. The zero-order valence-electron chi connectivity index (χ0n) is 29.3. The molecule has 10 rings (SSSR count). The summed E-state index contributed by atoms with van der Waals surface area (Å²) in [6.07, 6.45) is 14.7. The predicted molar refractivity (Wildman–Crippen MR) is 223 cm³/mol. The minimum Gasteiger partial charge on any atom is -0.423 e. The van der Waals surface area contributed by atoms with Crippen LogP contribution in [-0.2, 0) is 0 Å². The second-order valence-electron chi connectivity index (χ2n) is 12.5. The first-order valence-electron chi connectivity index (χ1n) is 17.1. The third-order valence-electron chi connectivity index (χ3n) is 8.52. The van der Waals surface area contributed by atoms with Crippen LogP contribution in [0.3, 0.4) is 0 Å². The van der Waals surface area contributed by atoms with E-state index in [4.69, 9.17) is 26.5 Å². The summed E-state index contributed by atoms with van der Waals surface area (Å²) < 4.78 is 4.61. The number of rotatable bonds is 6. The summed E-state index contributed by atoms with van der Waals surface area (Å²) >= 11 is 3.40. The van der Waals surface area contributed by atoms with E-state index < -0.39 is 7.12 Å². The van der Waals surface area contributed by atoms with Crippen molar-refractivity contribution < 1.29 is 10.0 Å². The molecule has 0 fully saturated rings. The van der Waals surface area contributed by atoms with E-state index >= 15 is 0 Å². The number of anilines is 6. The summed E-state index contributed by atoms with van der Waals surface area (Å²) in [7, 11) is -1.43. The quantitative estimate of drug-likeness (QED) is 0.0751. The molecule has 0 saturated carbocycles. The Morgan fingerprint density at radius 2 is 1.23 bits per heavy atom. The zero-order valence-corrected chi connectivity index (χ0v) is 30.9. The Bertz CT molecular complexity index is 2940. The third kappa shape index (κ3) is 7.97. The SMILES string of the molecule is Brc1cn2ccnc2c(Nc2ccc3[nH]ncc3c2)n1.Nc1cccc(-c2cn3ccnc3c(Nc3ccc4[nH]ncc4c3)n2)c1.Nc1cccc(B(O)O)c1. The van der Waals surface area contributed by atoms with Crippen molar-refractivity contribution in [2.45, 2.75) is 0 Å². The van der Waals surface area contributed by atoms with Gasteiger partial charge in [0, 0.05) is 76.3 Å². The molecule has 0 spiro atoms. The van der Waals surface area contributed by atoms with Crippen LogP contribution in [0.25, 0.3) is 44.4 Å². The van der Waals surface area contributed by atoms with Gasteiger partial charge < -0.3 is 41.0 Å². The van der Waals surface area contributed by atoms with Gasteiger partial charge in [-0.3, -0.25) is 10.2 Å². The Labute approximate surface area is 326 Å². The van der Waals surface area contributed by atoms with E-state index in [1.54, 1.807) is 43.0 Å². The zero-order chi connectivity index (χ0) is 38.6. The van der Waals surface area contributed by atoms with Crippen molar-refractivity contribution in [3.05, 3.63) is 139 Å². The van der Waals surface area contributed by atoms with E-state index in [0.717, 1.165) is 60.3 Å². The monoisotopic (exact) mass is 806 g/mol. The second-order valence-corrected chi connectivity index (χ2v) is 13.3. The topological polar surface area (TPSA) is 234 Å². The minimum atomic E-state index is -1.43. The lowest BCUT2D eigenvalue weighted by atomic mass is 9.80. The molecule has 276 valence electrons. The standard InChI is InChI=1S/C19H15N7.C13H9BrN6.C6H8BNO2/c20-14-3-1-2-12(8-14)17-11-26-7-6-21-19(26)18(24-17)23-15-4-5-16-13(9-15)10-22-25-16;14-11-7-20-4-3-15-13(20)12(18-11)17-9-1-2-10-8(5-9)6-16-19-10;8-6-3-1-2-5(4-6)7(9)10/h1-11H,20H2,(H,22,25)(H,23,24);1-7H,(H,16,19)(H,17,18);1-4,9-10H,8H2. The number of nitrogens with zero attached hydrogens (tertiary/aromatic N) is 8. The smallest absolute Gasteiger partial charge is 0.423 e. The van der Waals surface area contributed by atoms with Crippen molar-refractivity contribution >= 4 is 96.0 Å². The van der Waals surface area contributed by atoms with Gasteiger partial charge >= 0.3 is 7.12 Å². The first-order chi connectivity index (χ1) is 27.3. The third-order valence-corrected chi connectivity index (χ3v) is 8.90. The summed E-state index contributed by atoms with van der Waals surface area (Å²) in [5.74, 6) is 1.38. The molecule has 0 radical (unpaired) electrons. The highest BCUT2D eigenvalue weighted by molar-refractivity contribution is 9.10. The van der Waals surface area contributed by atoms with E-state index in [1.807, 2.05) is 94.3 Å². The molecule has 0 bridgehead atoms. The molecule has 0 amide bonds. The van der Waals surface area contributed by atoms with Crippen molar-refractivity contribution in [1.82, 2.24) is 49.1 Å². The lowest BCUT2D eigenvalue weighted by molar-refractivity contribution is 0.426. The fourth-order valence-corrected chi connectivity index (χ4v) is 6.27. The van der Waals surface area contributed by atoms with Gasteiger partial charge in [-0.05, 0) is 82.1 Å². The minimum absolute atomic E-state index is 0.417. The van der Waals surface area contributed by atoms with E-state index in [-0.39, 0.29) is 0 Å². The number of hydrogen-bond acceptors (Lipinski definition) is 12. The number of fused-ring (bicyclic) bond motifs is 4. The van der Waals surface area contributed by atoms with E-state index in [9.17, 15) is 0 Å². The van der Waals surface area contributed by atoms with Gasteiger partial charge in [0.05, 0.1) is 29.1 Å². The molecule has 56 heavy (non-hydrogen) atoms. The van der Waals surface area contributed by atoms with Crippen LogP contribution in [0.2, 0.25) is 0 Å². The number of H-pyrrole nitrogens is 2. The number of aromatic amines is 2. The number of nitrogens with two attached hydrogens (primary N) is 2. The molecule has 0 aliphatic rings. The van der Waals surface area contributed by atoms with Crippen molar-refractivity contribution in [3.8, 4) is 11.3 Å². The number of aromatic nitrogens is 10. The number of imidazole rings is 2. The Hall–Kier alpha value is -7.28. The summed E-state index contributed by atoms with van der Waals surface area (Å²) in [6, 6.07) is 26.1. The van der Waals surface area contributed by atoms with Crippen LogP contribution in [0, 0.1) is 0 Å². The molecular weight excluding hydrogens is 775 g/mol. The van der Waals surface area contributed by atoms with Gasteiger partial charge in [-0.25, -0.2) is 19.9 Å². The molecule has 10 N–H and O–H groups in total. The van der Waals surface area contributed by atoms with Gasteiger partial charge in [0.1, 0.15) is 4.60 Å². The lowest BCUT2D eigenvalue weighted by Gasteiger charge is -2.10. The Morgan fingerprint density at radius 3 is 1.80 bits per heavy atom. The van der Waals surface area contributed by atoms with Crippen molar-refractivity contribution in [1.29, 1.82) is 0 Å². The fourth-order valence-electron chi connectivity index (χ4n) is 5.87. The number of nitrogens with one attached hydrogen (secondary N) is 4. The molecule has 0 saturated heterocycles. The molecule has 6 aromatic heterocycles. The average Bonchev–Trinajstić information content (AvgIpc) is 4.03. The van der Waals surface area contributed by atoms with Crippen LogP contribution in [0.15, 0.2) is 139 Å². The number of halogens is 1.